The Morgan fingerprint density at radius 2 is 1.95 bits per heavy atom. The molecule has 0 radical (unpaired) electrons. The van der Waals surface area contributed by atoms with E-state index in [0.717, 1.165) is 25.9 Å². The lowest BCUT2D eigenvalue weighted by Crippen LogP contribution is -2.38. The van der Waals surface area contributed by atoms with Crippen molar-refractivity contribution >= 4 is 29.1 Å². The van der Waals surface area contributed by atoms with E-state index in [1.807, 2.05) is 4.90 Å². The van der Waals surface area contributed by atoms with Crippen LogP contribution in [0.1, 0.15) is 37.7 Å². The Bertz CT molecular complexity index is 540. The van der Waals surface area contributed by atoms with E-state index in [0.29, 0.717) is 21.5 Å². The molecule has 0 saturated carbocycles. The van der Waals surface area contributed by atoms with E-state index in [1.165, 1.54) is 0 Å². The first kappa shape index (κ1) is 16.1. The summed E-state index contributed by atoms with van der Waals surface area (Å²) >= 11 is 12.3. The van der Waals surface area contributed by atoms with Gasteiger partial charge in [0, 0.05) is 35.1 Å². The molecule has 3 nitrogen and oxygen atoms in total. The van der Waals surface area contributed by atoms with Crippen LogP contribution in [0.4, 0.5) is 0 Å². The van der Waals surface area contributed by atoms with Gasteiger partial charge in [-0.05, 0) is 30.9 Å². The number of amides is 1. The van der Waals surface area contributed by atoms with Crippen molar-refractivity contribution in [3.05, 3.63) is 33.8 Å². The van der Waals surface area contributed by atoms with Crippen molar-refractivity contribution in [1.29, 1.82) is 5.26 Å². The summed E-state index contributed by atoms with van der Waals surface area (Å²) in [6.45, 7) is 3.74. The molecule has 5 heteroatoms. The van der Waals surface area contributed by atoms with E-state index in [4.69, 9.17) is 23.2 Å². The number of piperidine rings is 1. The monoisotopic (exact) mass is 324 g/mol. The highest BCUT2D eigenvalue weighted by molar-refractivity contribution is 6.36. The summed E-state index contributed by atoms with van der Waals surface area (Å²) in [6.07, 6.45) is 2.18. The maximum Gasteiger partial charge on any atom is 0.224 e. The van der Waals surface area contributed by atoms with Gasteiger partial charge in [0.05, 0.1) is 12.0 Å². The summed E-state index contributed by atoms with van der Waals surface area (Å²) in [5.41, 5.74) is 0.557. The normalized spacial score (nSPS) is 17.3. The lowest BCUT2D eigenvalue weighted by Gasteiger charge is -2.31. The molecule has 0 spiro atoms. The van der Waals surface area contributed by atoms with Crippen LogP contribution in [0, 0.1) is 17.2 Å². The second kappa shape index (κ2) is 7.15. The number of likely N-dealkylation sites (tertiary alicyclic amines) is 1. The van der Waals surface area contributed by atoms with Crippen molar-refractivity contribution < 1.29 is 4.79 Å². The van der Waals surface area contributed by atoms with Crippen LogP contribution in [0.3, 0.4) is 0 Å². The van der Waals surface area contributed by atoms with Crippen LogP contribution in [0.15, 0.2) is 18.2 Å². The lowest BCUT2D eigenvalue weighted by atomic mass is 9.94. The van der Waals surface area contributed by atoms with Crippen LogP contribution in [0.5, 0.6) is 0 Å². The smallest absolute Gasteiger partial charge is 0.224 e. The van der Waals surface area contributed by atoms with Gasteiger partial charge in [0.2, 0.25) is 5.91 Å². The maximum absolute atomic E-state index is 12.4. The molecule has 1 heterocycles. The van der Waals surface area contributed by atoms with Crippen molar-refractivity contribution in [2.75, 3.05) is 13.1 Å². The molecule has 0 aromatic heterocycles. The Hall–Kier alpha value is -1.24. The highest BCUT2D eigenvalue weighted by Crippen LogP contribution is 2.33. The zero-order valence-electron chi connectivity index (χ0n) is 12.0. The molecule has 1 aromatic carbocycles. The summed E-state index contributed by atoms with van der Waals surface area (Å²) in [5, 5.41) is 10.3. The van der Waals surface area contributed by atoms with Gasteiger partial charge in [0.1, 0.15) is 0 Å². The molecule has 1 aliphatic rings. The molecule has 1 amide bonds. The first-order valence-corrected chi connectivity index (χ1v) is 7.89. The third kappa shape index (κ3) is 3.90. The van der Waals surface area contributed by atoms with E-state index in [1.54, 1.807) is 18.2 Å². The molecular formula is C16H18Cl2N2O. The molecule has 1 saturated heterocycles. The number of carbonyl (C=O) groups is 1. The van der Waals surface area contributed by atoms with Crippen LogP contribution in [0.25, 0.3) is 0 Å². The van der Waals surface area contributed by atoms with Crippen LogP contribution in [-0.2, 0) is 4.79 Å². The minimum atomic E-state index is -0.599. The maximum atomic E-state index is 12.4. The van der Waals surface area contributed by atoms with Gasteiger partial charge in [-0.2, -0.15) is 5.26 Å². The summed E-state index contributed by atoms with van der Waals surface area (Å²) in [7, 11) is 0. The third-order valence-corrected chi connectivity index (χ3v) is 4.68. The number of hydrogen-bond donors (Lipinski definition) is 0. The van der Waals surface area contributed by atoms with Crippen molar-refractivity contribution in [2.24, 2.45) is 5.92 Å². The minimum absolute atomic E-state index is 0.00411. The largest absolute Gasteiger partial charge is 0.343 e. The Labute approximate surface area is 135 Å². The van der Waals surface area contributed by atoms with Gasteiger partial charge in [0.15, 0.2) is 0 Å². The fraction of sp³-hybridized carbons (Fsp3) is 0.500. The number of hydrogen-bond acceptors (Lipinski definition) is 2. The molecule has 112 valence electrons. The third-order valence-electron chi connectivity index (χ3n) is 4.02. The highest BCUT2D eigenvalue weighted by atomic mass is 35.5. The number of halogens is 2. The van der Waals surface area contributed by atoms with Gasteiger partial charge in [-0.1, -0.05) is 36.2 Å². The first-order chi connectivity index (χ1) is 10.0. The number of nitriles is 1. The van der Waals surface area contributed by atoms with Gasteiger partial charge in [-0.3, -0.25) is 4.79 Å². The van der Waals surface area contributed by atoms with Gasteiger partial charge >= 0.3 is 0 Å². The molecule has 1 aliphatic heterocycles. The minimum Gasteiger partial charge on any atom is -0.343 e. The summed E-state index contributed by atoms with van der Waals surface area (Å²) in [5.74, 6) is 0.0707. The van der Waals surface area contributed by atoms with E-state index < -0.39 is 5.92 Å². The Morgan fingerprint density at radius 1 is 1.38 bits per heavy atom. The van der Waals surface area contributed by atoms with Gasteiger partial charge < -0.3 is 4.90 Å². The van der Waals surface area contributed by atoms with E-state index in [9.17, 15) is 10.1 Å². The summed E-state index contributed by atoms with van der Waals surface area (Å²) in [4.78, 5) is 14.2. The highest BCUT2D eigenvalue weighted by Gasteiger charge is 2.26. The molecule has 1 aromatic rings. The Morgan fingerprint density at radius 3 is 2.48 bits per heavy atom. The molecule has 1 fully saturated rings. The molecule has 0 N–H and O–H groups in total. The predicted molar refractivity (Wildman–Crippen MR) is 84.4 cm³/mol. The van der Waals surface area contributed by atoms with Gasteiger partial charge in [0.25, 0.3) is 0 Å². The second-order valence-corrected chi connectivity index (χ2v) is 6.40. The number of rotatable bonds is 3. The molecule has 21 heavy (non-hydrogen) atoms. The molecule has 1 atom stereocenters. The fourth-order valence-corrected chi connectivity index (χ4v) is 3.28. The fourth-order valence-electron chi connectivity index (χ4n) is 2.62. The molecule has 0 aliphatic carbocycles. The summed E-state index contributed by atoms with van der Waals surface area (Å²) < 4.78 is 0. The SMILES string of the molecule is CC1CCN(C(=O)CC(C#N)c2c(Cl)cccc2Cl)CC1. The van der Waals surface area contributed by atoms with Crippen molar-refractivity contribution in [1.82, 2.24) is 4.90 Å². The summed E-state index contributed by atoms with van der Waals surface area (Å²) in [6, 6.07) is 7.28. The standard InChI is InChI=1S/C16H18Cl2N2O/c1-11-5-7-20(8-6-11)15(21)9-12(10-19)16-13(17)3-2-4-14(16)18/h2-4,11-12H,5-9H2,1H3. The van der Waals surface area contributed by atoms with Crippen molar-refractivity contribution in [2.45, 2.75) is 32.1 Å². The number of carbonyl (C=O) groups excluding carboxylic acids is 1. The lowest BCUT2D eigenvalue weighted by molar-refractivity contribution is -0.132. The zero-order valence-corrected chi connectivity index (χ0v) is 13.5. The van der Waals surface area contributed by atoms with Crippen LogP contribution in [0.2, 0.25) is 10.0 Å². The number of benzene rings is 1. The van der Waals surface area contributed by atoms with Crippen molar-refractivity contribution in [3.8, 4) is 6.07 Å². The van der Waals surface area contributed by atoms with Crippen LogP contribution >= 0.6 is 23.2 Å². The van der Waals surface area contributed by atoms with E-state index >= 15 is 0 Å². The van der Waals surface area contributed by atoms with Crippen LogP contribution < -0.4 is 0 Å². The Kier molecular flexibility index (Phi) is 5.50. The van der Waals surface area contributed by atoms with Crippen molar-refractivity contribution in [3.63, 3.8) is 0 Å². The zero-order chi connectivity index (χ0) is 15.4. The average molecular weight is 325 g/mol. The predicted octanol–water partition coefficient (Wildman–Crippen LogP) is 4.25. The quantitative estimate of drug-likeness (QED) is 0.834. The Balaban J connectivity index is 2.09. The van der Waals surface area contributed by atoms with Gasteiger partial charge in [-0.15, -0.1) is 0 Å². The topological polar surface area (TPSA) is 44.1 Å². The molecule has 1 unspecified atom stereocenters. The van der Waals surface area contributed by atoms with Gasteiger partial charge in [-0.25, -0.2) is 0 Å². The first-order valence-electron chi connectivity index (χ1n) is 7.14. The van der Waals surface area contributed by atoms with E-state index in [-0.39, 0.29) is 12.3 Å². The number of nitrogens with zero attached hydrogens (tertiary/aromatic N) is 2. The average Bonchev–Trinajstić information content (AvgIpc) is 2.46. The molecule has 2 rings (SSSR count). The van der Waals surface area contributed by atoms with Crippen LogP contribution in [-0.4, -0.2) is 23.9 Å². The molecule has 0 bridgehead atoms. The molecular weight excluding hydrogens is 307 g/mol. The second-order valence-electron chi connectivity index (χ2n) is 5.58. The van der Waals surface area contributed by atoms with E-state index in [2.05, 4.69) is 13.0 Å².